The van der Waals surface area contributed by atoms with Gasteiger partial charge < -0.3 is 9.47 Å². The van der Waals surface area contributed by atoms with Gasteiger partial charge in [0, 0.05) is 10.5 Å². The van der Waals surface area contributed by atoms with Crippen LogP contribution in [0.4, 0.5) is 0 Å². The van der Waals surface area contributed by atoms with E-state index in [2.05, 4.69) is 13.8 Å². The van der Waals surface area contributed by atoms with Crippen molar-refractivity contribution in [1.29, 1.82) is 0 Å². The SMILES string of the molecule is CC1=COC2C(C)SC(C)C2O1. The third kappa shape index (κ3) is 1.20. The summed E-state index contributed by atoms with van der Waals surface area (Å²) in [4.78, 5) is 0. The van der Waals surface area contributed by atoms with Crippen LogP contribution >= 0.6 is 11.8 Å². The lowest BCUT2D eigenvalue weighted by atomic mass is 10.1. The minimum absolute atomic E-state index is 0.258. The normalized spacial score (nSPS) is 45.8. The number of thioether (sulfide) groups is 1. The molecule has 12 heavy (non-hydrogen) atoms. The highest BCUT2D eigenvalue weighted by molar-refractivity contribution is 8.00. The predicted octanol–water partition coefficient (Wildman–Crippen LogP) is 2.16. The van der Waals surface area contributed by atoms with Crippen molar-refractivity contribution >= 4 is 11.8 Å². The summed E-state index contributed by atoms with van der Waals surface area (Å²) in [5.74, 6) is 0.901. The number of hydrogen-bond donors (Lipinski definition) is 0. The minimum Gasteiger partial charge on any atom is -0.489 e. The van der Waals surface area contributed by atoms with Crippen LogP contribution in [-0.2, 0) is 9.47 Å². The number of fused-ring (bicyclic) bond motifs is 1. The zero-order valence-corrected chi connectivity index (χ0v) is 8.43. The highest BCUT2D eigenvalue weighted by Gasteiger charge is 2.44. The standard InChI is InChI=1S/C9H14O2S/c1-5-4-10-8-6(2)12-7(3)9(8)11-5/h4,6-9H,1-3H3. The molecule has 2 aliphatic rings. The second-order valence-corrected chi connectivity index (χ2v) is 5.22. The molecule has 0 aromatic rings. The molecule has 1 saturated heterocycles. The lowest BCUT2D eigenvalue weighted by Crippen LogP contribution is -2.37. The van der Waals surface area contributed by atoms with Crippen LogP contribution in [-0.4, -0.2) is 22.7 Å². The van der Waals surface area contributed by atoms with Gasteiger partial charge in [0.25, 0.3) is 0 Å². The fourth-order valence-electron chi connectivity index (χ4n) is 1.80. The van der Waals surface area contributed by atoms with Gasteiger partial charge in [-0.05, 0) is 20.8 Å². The Balaban J connectivity index is 2.16. The van der Waals surface area contributed by atoms with Gasteiger partial charge >= 0.3 is 0 Å². The third-order valence-corrected chi connectivity index (χ3v) is 3.79. The maximum absolute atomic E-state index is 5.71. The lowest BCUT2D eigenvalue weighted by molar-refractivity contribution is -0.0363. The molecule has 2 rings (SSSR count). The zero-order chi connectivity index (χ0) is 8.72. The summed E-state index contributed by atoms with van der Waals surface area (Å²) in [6.07, 6.45) is 2.25. The van der Waals surface area contributed by atoms with E-state index in [1.54, 1.807) is 6.26 Å². The number of rotatable bonds is 0. The first kappa shape index (κ1) is 8.30. The first-order chi connectivity index (χ1) is 5.68. The number of allylic oxidation sites excluding steroid dienone is 1. The molecule has 4 atom stereocenters. The number of ether oxygens (including phenoxy) is 2. The molecular weight excluding hydrogens is 172 g/mol. The molecule has 0 N–H and O–H groups in total. The van der Waals surface area contributed by atoms with E-state index >= 15 is 0 Å². The van der Waals surface area contributed by atoms with Crippen molar-refractivity contribution in [1.82, 2.24) is 0 Å². The van der Waals surface area contributed by atoms with Crippen molar-refractivity contribution in [2.45, 2.75) is 43.5 Å². The van der Waals surface area contributed by atoms with Gasteiger partial charge in [-0.1, -0.05) is 0 Å². The molecule has 3 heteroatoms. The first-order valence-corrected chi connectivity index (χ1v) is 5.27. The van der Waals surface area contributed by atoms with Crippen molar-refractivity contribution in [3.63, 3.8) is 0 Å². The topological polar surface area (TPSA) is 18.5 Å². The Morgan fingerprint density at radius 1 is 1.25 bits per heavy atom. The van der Waals surface area contributed by atoms with Gasteiger partial charge in [-0.25, -0.2) is 0 Å². The van der Waals surface area contributed by atoms with E-state index in [-0.39, 0.29) is 12.2 Å². The summed E-state index contributed by atoms with van der Waals surface area (Å²) in [7, 11) is 0. The van der Waals surface area contributed by atoms with E-state index in [1.165, 1.54) is 0 Å². The largest absolute Gasteiger partial charge is 0.489 e. The van der Waals surface area contributed by atoms with E-state index in [0.717, 1.165) is 5.76 Å². The van der Waals surface area contributed by atoms with Crippen LogP contribution in [0.1, 0.15) is 20.8 Å². The second kappa shape index (κ2) is 2.87. The smallest absolute Gasteiger partial charge is 0.148 e. The first-order valence-electron chi connectivity index (χ1n) is 4.33. The van der Waals surface area contributed by atoms with E-state index in [9.17, 15) is 0 Å². The molecular formula is C9H14O2S. The molecule has 0 aliphatic carbocycles. The zero-order valence-electron chi connectivity index (χ0n) is 7.61. The van der Waals surface area contributed by atoms with Crippen molar-refractivity contribution in [2.24, 2.45) is 0 Å². The van der Waals surface area contributed by atoms with Crippen LogP contribution < -0.4 is 0 Å². The van der Waals surface area contributed by atoms with E-state index in [0.29, 0.717) is 10.5 Å². The highest BCUT2D eigenvalue weighted by Crippen LogP contribution is 2.40. The van der Waals surface area contributed by atoms with Crippen molar-refractivity contribution in [3.8, 4) is 0 Å². The molecule has 0 saturated carbocycles. The third-order valence-electron chi connectivity index (χ3n) is 2.39. The van der Waals surface area contributed by atoms with E-state index in [4.69, 9.17) is 9.47 Å². The molecule has 0 bridgehead atoms. The average molecular weight is 186 g/mol. The van der Waals surface area contributed by atoms with E-state index < -0.39 is 0 Å². The van der Waals surface area contributed by atoms with Crippen LogP contribution in [0.15, 0.2) is 12.0 Å². The molecule has 0 aromatic carbocycles. The van der Waals surface area contributed by atoms with Crippen LogP contribution in [0.25, 0.3) is 0 Å². The van der Waals surface area contributed by atoms with Gasteiger partial charge in [-0.15, -0.1) is 11.8 Å². The number of hydrogen-bond acceptors (Lipinski definition) is 3. The molecule has 2 nitrogen and oxygen atoms in total. The summed E-state index contributed by atoms with van der Waals surface area (Å²) >= 11 is 1.94. The molecule has 68 valence electrons. The summed E-state index contributed by atoms with van der Waals surface area (Å²) in [6, 6.07) is 0. The van der Waals surface area contributed by atoms with Gasteiger partial charge in [-0.2, -0.15) is 0 Å². The molecule has 0 aromatic heterocycles. The van der Waals surface area contributed by atoms with Gasteiger partial charge in [0.15, 0.2) is 0 Å². The summed E-state index contributed by atoms with van der Waals surface area (Å²) in [6.45, 7) is 6.34. The van der Waals surface area contributed by atoms with Crippen LogP contribution in [0, 0.1) is 0 Å². The fourth-order valence-corrected chi connectivity index (χ4v) is 3.21. The van der Waals surface area contributed by atoms with Crippen LogP contribution in [0.3, 0.4) is 0 Å². The van der Waals surface area contributed by atoms with E-state index in [1.807, 2.05) is 18.7 Å². The van der Waals surface area contributed by atoms with Gasteiger partial charge in [0.1, 0.15) is 24.2 Å². The molecule has 0 amide bonds. The second-order valence-electron chi connectivity index (χ2n) is 3.46. The quantitative estimate of drug-likeness (QED) is 0.577. The molecule has 0 spiro atoms. The Kier molecular flexibility index (Phi) is 1.99. The maximum Gasteiger partial charge on any atom is 0.148 e. The summed E-state index contributed by atoms with van der Waals surface area (Å²) in [5.41, 5.74) is 0. The molecule has 0 radical (unpaired) electrons. The van der Waals surface area contributed by atoms with Crippen LogP contribution in [0.5, 0.6) is 0 Å². The Bertz CT molecular complexity index is 215. The fraction of sp³-hybridized carbons (Fsp3) is 0.778. The molecule has 1 fully saturated rings. The van der Waals surface area contributed by atoms with Gasteiger partial charge in [-0.3, -0.25) is 0 Å². The lowest BCUT2D eigenvalue weighted by Gasteiger charge is -2.28. The Morgan fingerprint density at radius 3 is 2.67 bits per heavy atom. The molecule has 2 aliphatic heterocycles. The summed E-state index contributed by atoms with van der Waals surface area (Å²) in [5, 5.41) is 1.10. The molecule has 4 unspecified atom stereocenters. The molecule has 2 heterocycles. The van der Waals surface area contributed by atoms with Crippen molar-refractivity contribution in [3.05, 3.63) is 12.0 Å². The van der Waals surface area contributed by atoms with Crippen molar-refractivity contribution < 1.29 is 9.47 Å². The average Bonchev–Trinajstić information content (AvgIpc) is 2.28. The monoisotopic (exact) mass is 186 g/mol. The van der Waals surface area contributed by atoms with Crippen molar-refractivity contribution in [2.75, 3.05) is 0 Å². The predicted molar refractivity (Wildman–Crippen MR) is 50.0 cm³/mol. The Hall–Kier alpha value is -0.310. The van der Waals surface area contributed by atoms with Crippen LogP contribution in [0.2, 0.25) is 0 Å². The Morgan fingerprint density at radius 2 is 1.92 bits per heavy atom. The summed E-state index contributed by atoms with van der Waals surface area (Å²) < 4.78 is 11.3. The highest BCUT2D eigenvalue weighted by atomic mass is 32.2. The Labute approximate surface area is 77.3 Å². The maximum atomic E-state index is 5.71. The minimum atomic E-state index is 0.258. The van der Waals surface area contributed by atoms with Gasteiger partial charge in [0.05, 0.1) is 0 Å². The van der Waals surface area contributed by atoms with Gasteiger partial charge in [0.2, 0.25) is 0 Å².